The molecule has 1 amide bonds. The lowest BCUT2D eigenvalue weighted by Crippen LogP contribution is -2.64. The number of rotatable bonds is 2. The molecule has 2 aromatic heterocycles. The SMILES string of the molecule is CC(C)(C)OC(=O)N1CC2(CC(n3nc(C(F)(F)F)cc3-c3cccnc3)C2)C1. The Labute approximate surface area is 166 Å². The summed E-state index contributed by atoms with van der Waals surface area (Å²) >= 11 is 0. The zero-order chi connectivity index (χ0) is 21.0. The Bertz CT molecular complexity index is 904. The summed E-state index contributed by atoms with van der Waals surface area (Å²) in [5.74, 6) is 0. The Kier molecular flexibility index (Phi) is 4.40. The molecule has 4 rings (SSSR count). The van der Waals surface area contributed by atoms with Crippen LogP contribution in [0.1, 0.15) is 45.3 Å². The van der Waals surface area contributed by atoms with Crippen LogP contribution < -0.4 is 0 Å². The highest BCUT2D eigenvalue weighted by Crippen LogP contribution is 2.55. The fourth-order valence-corrected chi connectivity index (χ4v) is 4.13. The molecule has 0 radical (unpaired) electrons. The minimum atomic E-state index is -4.51. The number of amides is 1. The normalized spacial score (nSPS) is 19.0. The first-order valence-corrected chi connectivity index (χ1v) is 9.51. The van der Waals surface area contributed by atoms with Crippen molar-refractivity contribution in [2.45, 2.75) is 51.4 Å². The van der Waals surface area contributed by atoms with E-state index < -0.39 is 17.5 Å². The quantitative estimate of drug-likeness (QED) is 0.732. The molecule has 2 aliphatic rings. The van der Waals surface area contributed by atoms with E-state index in [1.165, 1.54) is 10.9 Å². The molecule has 2 aromatic rings. The molecule has 3 heterocycles. The molecule has 1 saturated carbocycles. The maximum Gasteiger partial charge on any atom is 0.435 e. The molecule has 0 atom stereocenters. The molecule has 1 saturated heterocycles. The number of pyridine rings is 1. The summed E-state index contributed by atoms with van der Waals surface area (Å²) in [7, 11) is 0. The van der Waals surface area contributed by atoms with Gasteiger partial charge in [-0.3, -0.25) is 9.67 Å². The van der Waals surface area contributed by atoms with E-state index in [1.807, 2.05) is 20.8 Å². The molecule has 1 aliphatic heterocycles. The molecule has 0 unspecified atom stereocenters. The number of carbonyl (C=O) groups is 1. The van der Waals surface area contributed by atoms with Crippen molar-refractivity contribution >= 4 is 6.09 Å². The van der Waals surface area contributed by atoms with Crippen LogP contribution in [0.15, 0.2) is 30.6 Å². The number of ether oxygens (including phenoxy) is 1. The molecule has 0 aromatic carbocycles. The Morgan fingerprint density at radius 3 is 2.48 bits per heavy atom. The number of carbonyl (C=O) groups excluding carboxylic acids is 1. The Balaban J connectivity index is 1.48. The number of aromatic nitrogens is 3. The third-order valence-corrected chi connectivity index (χ3v) is 5.37. The second kappa shape index (κ2) is 6.47. The lowest BCUT2D eigenvalue weighted by molar-refractivity contribution is -0.142. The maximum atomic E-state index is 13.2. The molecule has 0 bridgehead atoms. The highest BCUT2D eigenvalue weighted by atomic mass is 19.4. The van der Waals surface area contributed by atoms with Gasteiger partial charge in [-0.05, 0) is 51.8 Å². The van der Waals surface area contributed by atoms with Gasteiger partial charge in [0.1, 0.15) is 5.60 Å². The molecule has 0 N–H and O–H groups in total. The first-order valence-electron chi connectivity index (χ1n) is 9.51. The first kappa shape index (κ1) is 19.7. The van der Waals surface area contributed by atoms with Crippen LogP contribution in [-0.2, 0) is 10.9 Å². The first-order chi connectivity index (χ1) is 13.5. The molecule has 1 aliphatic carbocycles. The highest BCUT2D eigenvalue weighted by Gasteiger charge is 2.55. The highest BCUT2D eigenvalue weighted by molar-refractivity contribution is 5.69. The zero-order valence-electron chi connectivity index (χ0n) is 16.5. The second-order valence-electron chi connectivity index (χ2n) is 9.00. The van der Waals surface area contributed by atoms with Crippen LogP contribution in [0.3, 0.4) is 0 Å². The number of alkyl halides is 3. The largest absolute Gasteiger partial charge is 0.444 e. The Hall–Kier alpha value is -2.58. The van der Waals surface area contributed by atoms with Gasteiger partial charge in [0, 0.05) is 36.5 Å². The Morgan fingerprint density at radius 2 is 1.93 bits per heavy atom. The Morgan fingerprint density at radius 1 is 1.24 bits per heavy atom. The number of likely N-dealkylation sites (tertiary alicyclic amines) is 1. The van der Waals surface area contributed by atoms with E-state index in [0.29, 0.717) is 37.2 Å². The second-order valence-corrected chi connectivity index (χ2v) is 9.00. The van der Waals surface area contributed by atoms with Crippen molar-refractivity contribution in [3.63, 3.8) is 0 Å². The van der Waals surface area contributed by atoms with Crippen LogP contribution in [0.4, 0.5) is 18.0 Å². The van der Waals surface area contributed by atoms with Crippen LogP contribution >= 0.6 is 0 Å². The monoisotopic (exact) mass is 408 g/mol. The van der Waals surface area contributed by atoms with Crippen molar-refractivity contribution in [1.82, 2.24) is 19.7 Å². The van der Waals surface area contributed by atoms with Gasteiger partial charge in [-0.1, -0.05) is 0 Å². The van der Waals surface area contributed by atoms with Gasteiger partial charge in [-0.15, -0.1) is 0 Å². The molecule has 29 heavy (non-hydrogen) atoms. The molecule has 156 valence electrons. The fraction of sp³-hybridized carbons (Fsp3) is 0.550. The van der Waals surface area contributed by atoms with Crippen molar-refractivity contribution in [1.29, 1.82) is 0 Å². The standard InChI is InChI=1S/C20H23F3N4O2/c1-18(2,3)29-17(28)26-11-19(12-26)8-14(9-19)27-15(13-5-4-6-24-10-13)7-16(25-27)20(21,22)23/h4-7,10,14H,8-9,11-12H2,1-3H3. The van der Waals surface area contributed by atoms with Gasteiger partial charge in [0.2, 0.25) is 0 Å². The molecular formula is C20H23F3N4O2. The smallest absolute Gasteiger partial charge is 0.435 e. The summed E-state index contributed by atoms with van der Waals surface area (Å²) in [4.78, 5) is 17.8. The summed E-state index contributed by atoms with van der Waals surface area (Å²) in [5, 5.41) is 3.87. The number of hydrogen-bond acceptors (Lipinski definition) is 4. The van der Waals surface area contributed by atoms with E-state index in [0.717, 1.165) is 6.07 Å². The summed E-state index contributed by atoms with van der Waals surface area (Å²) in [6.07, 6.45) is -0.381. The molecular weight excluding hydrogens is 385 g/mol. The number of nitrogens with zero attached hydrogens (tertiary/aromatic N) is 4. The minimum Gasteiger partial charge on any atom is -0.444 e. The average Bonchev–Trinajstić information content (AvgIpc) is 2.96. The lowest BCUT2D eigenvalue weighted by atomic mass is 9.60. The predicted molar refractivity (Wildman–Crippen MR) is 99.0 cm³/mol. The van der Waals surface area contributed by atoms with E-state index in [9.17, 15) is 18.0 Å². The van der Waals surface area contributed by atoms with E-state index >= 15 is 0 Å². The minimum absolute atomic E-state index is 0.0574. The number of halogens is 3. The topological polar surface area (TPSA) is 60.2 Å². The van der Waals surface area contributed by atoms with Crippen LogP contribution in [0, 0.1) is 5.41 Å². The van der Waals surface area contributed by atoms with Crippen molar-refractivity contribution in [3.8, 4) is 11.3 Å². The van der Waals surface area contributed by atoms with Gasteiger partial charge in [0.25, 0.3) is 0 Å². The van der Waals surface area contributed by atoms with Gasteiger partial charge in [-0.2, -0.15) is 18.3 Å². The molecule has 6 nitrogen and oxygen atoms in total. The fourth-order valence-electron chi connectivity index (χ4n) is 4.13. The molecule has 9 heteroatoms. The van der Waals surface area contributed by atoms with E-state index in [1.54, 1.807) is 23.2 Å². The van der Waals surface area contributed by atoms with Crippen molar-refractivity contribution in [2.24, 2.45) is 5.41 Å². The molecule has 1 spiro atoms. The predicted octanol–water partition coefficient (Wildman–Crippen LogP) is 4.54. The van der Waals surface area contributed by atoms with Crippen LogP contribution in [0.2, 0.25) is 0 Å². The van der Waals surface area contributed by atoms with E-state index in [-0.39, 0.29) is 17.6 Å². The van der Waals surface area contributed by atoms with Crippen LogP contribution in [-0.4, -0.2) is 44.4 Å². The van der Waals surface area contributed by atoms with Crippen molar-refractivity contribution in [3.05, 3.63) is 36.3 Å². The van der Waals surface area contributed by atoms with Gasteiger partial charge in [0.15, 0.2) is 5.69 Å². The summed E-state index contributed by atoms with van der Waals surface area (Å²) in [5.41, 5.74) is -0.503. The summed E-state index contributed by atoms with van der Waals surface area (Å²) < 4.78 is 46.6. The molecule has 2 fully saturated rings. The average molecular weight is 408 g/mol. The van der Waals surface area contributed by atoms with Crippen molar-refractivity contribution < 1.29 is 22.7 Å². The van der Waals surface area contributed by atoms with Crippen LogP contribution in [0.5, 0.6) is 0 Å². The zero-order valence-corrected chi connectivity index (χ0v) is 16.5. The van der Waals surface area contributed by atoms with Gasteiger partial charge >= 0.3 is 12.3 Å². The van der Waals surface area contributed by atoms with Gasteiger partial charge in [0.05, 0.1) is 11.7 Å². The number of hydrogen-bond donors (Lipinski definition) is 0. The third-order valence-electron chi connectivity index (χ3n) is 5.37. The summed E-state index contributed by atoms with van der Waals surface area (Å²) in [6.45, 7) is 6.57. The van der Waals surface area contributed by atoms with Gasteiger partial charge < -0.3 is 9.64 Å². The maximum absolute atomic E-state index is 13.2. The van der Waals surface area contributed by atoms with E-state index in [2.05, 4.69) is 10.1 Å². The van der Waals surface area contributed by atoms with Gasteiger partial charge in [-0.25, -0.2) is 4.79 Å². The van der Waals surface area contributed by atoms with Crippen molar-refractivity contribution in [2.75, 3.05) is 13.1 Å². The third kappa shape index (κ3) is 3.82. The van der Waals surface area contributed by atoms with E-state index in [4.69, 9.17) is 4.74 Å². The van der Waals surface area contributed by atoms with Crippen LogP contribution in [0.25, 0.3) is 11.3 Å². The lowest BCUT2D eigenvalue weighted by Gasteiger charge is -2.58. The summed E-state index contributed by atoms with van der Waals surface area (Å²) in [6, 6.07) is 4.35.